The van der Waals surface area contributed by atoms with Gasteiger partial charge in [0.2, 0.25) is 0 Å². The van der Waals surface area contributed by atoms with Gasteiger partial charge < -0.3 is 5.32 Å². The molecular weight excluding hydrogens is 258 g/mol. The molecule has 3 aromatic rings. The van der Waals surface area contributed by atoms with Gasteiger partial charge in [-0.1, -0.05) is 24.3 Å². The van der Waals surface area contributed by atoms with Crippen molar-refractivity contribution in [2.75, 3.05) is 5.32 Å². The van der Waals surface area contributed by atoms with E-state index in [1.54, 1.807) is 0 Å². The van der Waals surface area contributed by atoms with Crippen molar-refractivity contribution in [2.24, 2.45) is 0 Å². The van der Waals surface area contributed by atoms with Crippen LogP contribution in [0.2, 0.25) is 0 Å². The molecule has 0 spiro atoms. The average molecular weight is 273 g/mol. The molecule has 1 N–H and O–H groups in total. The minimum Gasteiger partial charge on any atom is -0.354 e. The Morgan fingerprint density at radius 3 is 2.76 bits per heavy atom. The summed E-state index contributed by atoms with van der Waals surface area (Å²) in [5.74, 6) is 0. The van der Waals surface area contributed by atoms with Crippen molar-refractivity contribution in [3.8, 4) is 11.4 Å². The molecule has 0 bridgehead atoms. The van der Waals surface area contributed by atoms with Crippen LogP contribution in [0.15, 0.2) is 54.7 Å². The van der Waals surface area contributed by atoms with E-state index in [0.29, 0.717) is 0 Å². The fraction of sp³-hybridized carbons (Fsp3) is 0.111. The third-order valence-electron chi connectivity index (χ3n) is 3.87. The smallest absolute Gasteiger partial charge is 0.0915 e. The Bertz CT molecular complexity index is 824. The Hall–Kier alpha value is -2.68. The Kier molecular flexibility index (Phi) is 2.71. The van der Waals surface area contributed by atoms with Crippen LogP contribution in [0.3, 0.4) is 0 Å². The van der Waals surface area contributed by atoms with E-state index in [1.165, 1.54) is 11.3 Å². The van der Waals surface area contributed by atoms with E-state index in [2.05, 4.69) is 53.6 Å². The molecule has 0 amide bonds. The summed E-state index contributed by atoms with van der Waals surface area (Å²) in [5, 5.41) is 3.45. The summed E-state index contributed by atoms with van der Waals surface area (Å²) in [6, 6.07) is 16.5. The van der Waals surface area contributed by atoms with E-state index in [0.717, 1.165) is 34.8 Å². The zero-order valence-electron chi connectivity index (χ0n) is 11.8. The van der Waals surface area contributed by atoms with Crippen molar-refractivity contribution < 1.29 is 0 Å². The van der Waals surface area contributed by atoms with E-state index < -0.39 is 0 Å². The molecule has 0 saturated heterocycles. The lowest BCUT2D eigenvalue weighted by Gasteiger charge is -2.21. The highest BCUT2D eigenvalue weighted by Crippen LogP contribution is 2.33. The maximum absolute atomic E-state index is 4.82. The second kappa shape index (κ2) is 4.70. The largest absolute Gasteiger partial charge is 0.354 e. The first-order valence-electron chi connectivity index (χ1n) is 7.08. The minimum absolute atomic E-state index is 0.859. The molecule has 0 saturated carbocycles. The molecule has 0 aliphatic carbocycles. The fourth-order valence-corrected chi connectivity index (χ4v) is 2.76. The Morgan fingerprint density at radius 1 is 0.952 bits per heavy atom. The monoisotopic (exact) mass is 273 g/mol. The van der Waals surface area contributed by atoms with Gasteiger partial charge in [0.05, 0.1) is 22.8 Å². The molecule has 0 unspecified atom stereocenters. The normalized spacial score (nSPS) is 12.2. The first-order valence-corrected chi connectivity index (χ1v) is 7.08. The number of fused-ring (bicyclic) bond motifs is 2. The summed E-state index contributed by atoms with van der Waals surface area (Å²) in [6.45, 7) is 2.07. The predicted octanol–water partition coefficient (Wildman–Crippen LogP) is 4.10. The van der Waals surface area contributed by atoms with Crippen LogP contribution in [0.1, 0.15) is 16.8 Å². The second-order valence-corrected chi connectivity index (χ2v) is 5.32. The van der Waals surface area contributed by atoms with Crippen molar-refractivity contribution >= 4 is 11.4 Å². The molecule has 3 nitrogen and oxygen atoms in total. The highest BCUT2D eigenvalue weighted by molar-refractivity contribution is 5.72. The fourth-order valence-electron chi connectivity index (χ4n) is 2.76. The van der Waals surface area contributed by atoms with Crippen LogP contribution in [-0.4, -0.2) is 9.97 Å². The van der Waals surface area contributed by atoms with Gasteiger partial charge in [0.25, 0.3) is 0 Å². The summed E-state index contributed by atoms with van der Waals surface area (Å²) >= 11 is 0. The third kappa shape index (κ3) is 2.07. The number of rotatable bonds is 1. The highest BCUT2D eigenvalue weighted by Gasteiger charge is 2.16. The Morgan fingerprint density at radius 2 is 1.86 bits per heavy atom. The van der Waals surface area contributed by atoms with Crippen LogP contribution < -0.4 is 5.32 Å². The summed E-state index contributed by atoms with van der Waals surface area (Å²) in [4.78, 5) is 9.28. The molecule has 1 aliphatic rings. The number of anilines is 2. The van der Waals surface area contributed by atoms with Crippen LogP contribution in [0.25, 0.3) is 11.4 Å². The number of pyridine rings is 2. The molecule has 0 atom stereocenters. The quantitative estimate of drug-likeness (QED) is 0.567. The molecule has 3 heteroatoms. The van der Waals surface area contributed by atoms with Gasteiger partial charge in [-0.15, -0.1) is 0 Å². The van der Waals surface area contributed by atoms with Crippen LogP contribution in [0, 0.1) is 6.92 Å². The lowest BCUT2D eigenvalue weighted by Crippen LogP contribution is -2.09. The van der Waals surface area contributed by atoms with Gasteiger partial charge in [0.1, 0.15) is 0 Å². The number of para-hydroxylation sites is 1. The van der Waals surface area contributed by atoms with Gasteiger partial charge in [0, 0.05) is 18.3 Å². The Labute approximate surface area is 123 Å². The van der Waals surface area contributed by atoms with Crippen LogP contribution in [0.5, 0.6) is 0 Å². The zero-order valence-corrected chi connectivity index (χ0v) is 11.8. The lowest BCUT2D eigenvalue weighted by molar-refractivity contribution is 1.05. The number of hydrogen-bond donors (Lipinski definition) is 1. The van der Waals surface area contributed by atoms with Crippen LogP contribution in [-0.2, 0) is 6.42 Å². The maximum atomic E-state index is 4.82. The summed E-state index contributed by atoms with van der Waals surface area (Å²) in [5.41, 5.74) is 7.67. The van der Waals surface area contributed by atoms with Gasteiger partial charge in [0.15, 0.2) is 0 Å². The number of benzene rings is 1. The minimum atomic E-state index is 0.859. The van der Waals surface area contributed by atoms with Crippen molar-refractivity contribution in [3.05, 3.63) is 71.5 Å². The SMILES string of the molecule is Cc1cccnc1-c1ccc2c(n1)Cc1ccccc1N2. The number of aromatic nitrogens is 2. The van der Waals surface area contributed by atoms with Crippen molar-refractivity contribution in [1.29, 1.82) is 0 Å². The van der Waals surface area contributed by atoms with Crippen molar-refractivity contribution in [1.82, 2.24) is 9.97 Å². The molecule has 1 aromatic carbocycles. The molecule has 21 heavy (non-hydrogen) atoms. The van der Waals surface area contributed by atoms with Gasteiger partial charge >= 0.3 is 0 Å². The molecule has 0 radical (unpaired) electrons. The van der Waals surface area contributed by atoms with Crippen molar-refractivity contribution in [3.63, 3.8) is 0 Å². The number of aryl methyl sites for hydroxylation is 1. The van der Waals surface area contributed by atoms with E-state index >= 15 is 0 Å². The molecule has 102 valence electrons. The van der Waals surface area contributed by atoms with Gasteiger partial charge in [-0.05, 0) is 42.3 Å². The second-order valence-electron chi connectivity index (χ2n) is 5.32. The first-order chi connectivity index (χ1) is 10.3. The average Bonchev–Trinajstić information content (AvgIpc) is 2.53. The standard InChI is InChI=1S/C18H15N3/c1-12-5-4-10-19-18(12)16-9-8-15-17(21-16)11-13-6-2-3-7-14(13)20-15/h2-10,20H,11H2,1H3. The summed E-state index contributed by atoms with van der Waals surface area (Å²) in [6.07, 6.45) is 2.68. The number of hydrogen-bond acceptors (Lipinski definition) is 3. The van der Waals surface area contributed by atoms with E-state index in [9.17, 15) is 0 Å². The van der Waals surface area contributed by atoms with E-state index in [1.807, 2.05) is 18.3 Å². The lowest BCUT2D eigenvalue weighted by atomic mass is 10.0. The van der Waals surface area contributed by atoms with Crippen LogP contribution in [0.4, 0.5) is 11.4 Å². The summed E-state index contributed by atoms with van der Waals surface area (Å²) < 4.78 is 0. The first kappa shape index (κ1) is 12.1. The van der Waals surface area contributed by atoms with Gasteiger partial charge in [-0.25, -0.2) is 4.98 Å². The highest BCUT2D eigenvalue weighted by atomic mass is 14.9. The van der Waals surface area contributed by atoms with Gasteiger partial charge in [-0.3, -0.25) is 4.98 Å². The zero-order chi connectivity index (χ0) is 14.2. The van der Waals surface area contributed by atoms with E-state index in [-0.39, 0.29) is 0 Å². The van der Waals surface area contributed by atoms with Crippen molar-refractivity contribution in [2.45, 2.75) is 13.3 Å². The molecule has 0 fully saturated rings. The topological polar surface area (TPSA) is 37.8 Å². The molecular formula is C18H15N3. The van der Waals surface area contributed by atoms with Crippen LogP contribution >= 0.6 is 0 Å². The molecule has 2 aromatic heterocycles. The molecule has 4 rings (SSSR count). The number of nitrogens with one attached hydrogen (secondary N) is 1. The Balaban J connectivity index is 1.79. The number of nitrogens with zero attached hydrogens (tertiary/aromatic N) is 2. The summed E-state index contributed by atoms with van der Waals surface area (Å²) in [7, 11) is 0. The third-order valence-corrected chi connectivity index (χ3v) is 3.87. The van der Waals surface area contributed by atoms with Gasteiger partial charge in [-0.2, -0.15) is 0 Å². The predicted molar refractivity (Wildman–Crippen MR) is 84.7 cm³/mol. The molecule has 3 heterocycles. The molecule has 1 aliphatic heterocycles. The maximum Gasteiger partial charge on any atom is 0.0915 e. The van der Waals surface area contributed by atoms with E-state index in [4.69, 9.17) is 4.98 Å².